The summed E-state index contributed by atoms with van der Waals surface area (Å²) >= 11 is 0. The van der Waals surface area contributed by atoms with Crippen LogP contribution in [0.3, 0.4) is 0 Å². The first kappa shape index (κ1) is 11.8. The van der Waals surface area contributed by atoms with Gasteiger partial charge >= 0.3 is 0 Å². The number of allylic oxidation sites excluding steroid dienone is 1. The Labute approximate surface area is 112 Å². The highest BCUT2D eigenvalue weighted by molar-refractivity contribution is 6.13. The Kier molecular flexibility index (Phi) is 3.00. The molecule has 0 bridgehead atoms. The number of carbonyl (C=O) groups is 1. The lowest BCUT2D eigenvalue weighted by Gasteiger charge is -2.23. The molecule has 1 aromatic carbocycles. The van der Waals surface area contributed by atoms with Gasteiger partial charge in [0.05, 0.1) is 0 Å². The zero-order chi connectivity index (χ0) is 13.2. The van der Waals surface area contributed by atoms with Crippen LogP contribution >= 0.6 is 0 Å². The van der Waals surface area contributed by atoms with E-state index < -0.39 is 0 Å². The number of carbonyl (C=O) groups excluding carboxylic acids is 1. The molecule has 0 saturated carbocycles. The van der Waals surface area contributed by atoms with Crippen LogP contribution in [-0.4, -0.2) is 10.8 Å². The van der Waals surface area contributed by atoms with E-state index in [4.69, 9.17) is 0 Å². The van der Waals surface area contributed by atoms with Gasteiger partial charge in [0.1, 0.15) is 0 Å². The van der Waals surface area contributed by atoms with Crippen LogP contribution in [0.25, 0.3) is 6.08 Å². The maximum absolute atomic E-state index is 12.5. The Morgan fingerprint density at radius 2 is 1.89 bits per heavy atom. The van der Waals surface area contributed by atoms with E-state index in [0.717, 1.165) is 23.1 Å². The largest absolute Gasteiger partial charge is 0.289 e. The smallest absolute Gasteiger partial charge is 0.189 e. The number of ketones is 1. The summed E-state index contributed by atoms with van der Waals surface area (Å²) in [5, 5.41) is 0. The fourth-order valence-electron chi connectivity index (χ4n) is 2.62. The van der Waals surface area contributed by atoms with Gasteiger partial charge in [0.25, 0.3) is 0 Å². The monoisotopic (exact) mass is 249 g/mol. The molecule has 94 valence electrons. The van der Waals surface area contributed by atoms with Gasteiger partial charge in [-0.2, -0.15) is 0 Å². The molecular formula is C17H15NO. The van der Waals surface area contributed by atoms with E-state index in [1.807, 2.05) is 36.4 Å². The second kappa shape index (κ2) is 4.81. The van der Waals surface area contributed by atoms with Crippen molar-refractivity contribution in [2.45, 2.75) is 19.3 Å². The van der Waals surface area contributed by atoms with Crippen molar-refractivity contribution >= 4 is 11.9 Å². The molecule has 1 unspecified atom stereocenters. The molecule has 2 nitrogen and oxygen atoms in total. The average molecular weight is 249 g/mol. The van der Waals surface area contributed by atoms with E-state index in [1.165, 1.54) is 5.56 Å². The quantitative estimate of drug-likeness (QED) is 0.718. The number of benzene rings is 1. The minimum absolute atomic E-state index is 0.158. The molecule has 19 heavy (non-hydrogen) atoms. The Hall–Kier alpha value is -2.22. The second-order valence-electron chi connectivity index (χ2n) is 4.97. The molecule has 0 saturated heterocycles. The van der Waals surface area contributed by atoms with Gasteiger partial charge in [-0.3, -0.25) is 9.78 Å². The van der Waals surface area contributed by atoms with Crippen molar-refractivity contribution in [3.63, 3.8) is 0 Å². The van der Waals surface area contributed by atoms with Crippen LogP contribution in [0.4, 0.5) is 0 Å². The van der Waals surface area contributed by atoms with Crippen LogP contribution in [0.15, 0.2) is 54.4 Å². The molecule has 1 heterocycles. The van der Waals surface area contributed by atoms with Crippen molar-refractivity contribution in [3.8, 4) is 0 Å². The summed E-state index contributed by atoms with van der Waals surface area (Å²) in [5.74, 6) is 0.549. The lowest BCUT2D eigenvalue weighted by molar-refractivity contribution is 0.102. The zero-order valence-electron chi connectivity index (χ0n) is 10.8. The number of Topliss-reactive ketones (excluding diaryl/α,β-unsaturated/α-hetero) is 1. The molecule has 1 aromatic heterocycles. The molecule has 0 aliphatic heterocycles. The minimum atomic E-state index is 0.158. The fraction of sp³-hybridized carbons (Fsp3) is 0.176. The summed E-state index contributed by atoms with van der Waals surface area (Å²) in [6.45, 7) is 2.17. The molecule has 0 radical (unpaired) electrons. The van der Waals surface area contributed by atoms with Crippen molar-refractivity contribution in [3.05, 3.63) is 71.1 Å². The highest BCUT2D eigenvalue weighted by atomic mass is 16.1. The van der Waals surface area contributed by atoms with Crippen molar-refractivity contribution in [2.24, 2.45) is 0 Å². The van der Waals surface area contributed by atoms with E-state index in [9.17, 15) is 4.79 Å². The van der Waals surface area contributed by atoms with Crippen LogP contribution in [0.1, 0.15) is 40.7 Å². The summed E-state index contributed by atoms with van der Waals surface area (Å²) in [5.41, 5.74) is 3.93. The Balaban J connectivity index is 2.03. The Bertz CT molecular complexity index is 643. The third-order valence-corrected chi connectivity index (χ3v) is 3.60. The third-order valence-electron chi connectivity index (χ3n) is 3.60. The van der Waals surface area contributed by atoms with Crippen molar-refractivity contribution < 1.29 is 4.79 Å². The summed E-state index contributed by atoms with van der Waals surface area (Å²) in [6.07, 6.45) is 6.28. The molecule has 2 heteroatoms. The van der Waals surface area contributed by atoms with Gasteiger partial charge in [0.15, 0.2) is 5.78 Å². The number of hydrogen-bond donors (Lipinski definition) is 0. The Morgan fingerprint density at radius 1 is 1.16 bits per heavy atom. The first-order valence-electron chi connectivity index (χ1n) is 6.50. The van der Waals surface area contributed by atoms with Crippen LogP contribution in [-0.2, 0) is 0 Å². The first-order valence-corrected chi connectivity index (χ1v) is 6.50. The van der Waals surface area contributed by atoms with Crippen molar-refractivity contribution in [2.75, 3.05) is 0 Å². The minimum Gasteiger partial charge on any atom is -0.289 e. The van der Waals surface area contributed by atoms with Gasteiger partial charge in [-0.1, -0.05) is 31.2 Å². The SMILES string of the molecule is CC1CC(=Cc2ccncc2)C(=O)c2ccccc21. The molecule has 0 fully saturated rings. The van der Waals surface area contributed by atoms with Gasteiger partial charge in [-0.15, -0.1) is 0 Å². The fourth-order valence-corrected chi connectivity index (χ4v) is 2.62. The Morgan fingerprint density at radius 3 is 2.68 bits per heavy atom. The van der Waals surface area contributed by atoms with Gasteiger partial charge in [0, 0.05) is 23.5 Å². The van der Waals surface area contributed by atoms with E-state index >= 15 is 0 Å². The van der Waals surface area contributed by atoms with Crippen LogP contribution in [0.5, 0.6) is 0 Å². The maximum atomic E-state index is 12.5. The lowest BCUT2D eigenvalue weighted by Crippen LogP contribution is -2.16. The second-order valence-corrected chi connectivity index (χ2v) is 4.97. The molecule has 0 N–H and O–H groups in total. The molecule has 0 amide bonds. The summed E-state index contributed by atoms with van der Waals surface area (Å²) < 4.78 is 0. The zero-order valence-corrected chi connectivity index (χ0v) is 10.8. The number of rotatable bonds is 1. The normalized spacial score (nSPS) is 20.4. The van der Waals surface area contributed by atoms with Crippen molar-refractivity contribution in [1.29, 1.82) is 0 Å². The van der Waals surface area contributed by atoms with E-state index in [2.05, 4.69) is 18.0 Å². The number of fused-ring (bicyclic) bond motifs is 1. The van der Waals surface area contributed by atoms with Crippen LogP contribution < -0.4 is 0 Å². The van der Waals surface area contributed by atoms with Gasteiger partial charge in [-0.05, 0) is 41.7 Å². The van der Waals surface area contributed by atoms with Gasteiger partial charge in [0.2, 0.25) is 0 Å². The molecule has 1 atom stereocenters. The average Bonchev–Trinajstić information content (AvgIpc) is 2.46. The highest BCUT2D eigenvalue weighted by Crippen LogP contribution is 2.34. The molecular weight excluding hydrogens is 234 g/mol. The van der Waals surface area contributed by atoms with E-state index in [1.54, 1.807) is 12.4 Å². The summed E-state index contributed by atoms with van der Waals surface area (Å²) in [7, 11) is 0. The highest BCUT2D eigenvalue weighted by Gasteiger charge is 2.26. The topological polar surface area (TPSA) is 30.0 Å². The maximum Gasteiger partial charge on any atom is 0.189 e. The summed E-state index contributed by atoms with van der Waals surface area (Å²) in [6, 6.07) is 11.8. The van der Waals surface area contributed by atoms with E-state index in [0.29, 0.717) is 5.92 Å². The predicted octanol–water partition coefficient (Wildman–Crippen LogP) is 3.86. The molecule has 3 rings (SSSR count). The third kappa shape index (κ3) is 2.22. The predicted molar refractivity (Wildman–Crippen MR) is 76.0 cm³/mol. The molecule has 2 aromatic rings. The van der Waals surface area contributed by atoms with Crippen molar-refractivity contribution in [1.82, 2.24) is 4.98 Å². The molecule has 0 spiro atoms. The number of hydrogen-bond acceptors (Lipinski definition) is 2. The number of pyridine rings is 1. The van der Waals surface area contributed by atoms with E-state index in [-0.39, 0.29) is 5.78 Å². The van der Waals surface area contributed by atoms with Gasteiger partial charge < -0.3 is 0 Å². The van der Waals surface area contributed by atoms with Gasteiger partial charge in [-0.25, -0.2) is 0 Å². The number of aromatic nitrogens is 1. The summed E-state index contributed by atoms with van der Waals surface area (Å²) in [4.78, 5) is 16.5. The first-order chi connectivity index (χ1) is 9.25. The molecule has 1 aliphatic rings. The number of nitrogens with zero attached hydrogens (tertiary/aromatic N) is 1. The standard InChI is InChI=1S/C17H15NO/c1-12-10-14(11-13-6-8-18-9-7-13)17(19)16-5-3-2-4-15(12)16/h2-9,11-12H,10H2,1H3. The lowest BCUT2D eigenvalue weighted by atomic mass is 9.80. The van der Waals surface area contributed by atoms with Crippen LogP contribution in [0.2, 0.25) is 0 Å². The molecule has 1 aliphatic carbocycles. The van der Waals surface area contributed by atoms with Crippen LogP contribution in [0, 0.1) is 0 Å².